The lowest BCUT2D eigenvalue weighted by molar-refractivity contribution is 0.0695. The molecular weight excluding hydrogens is 410 g/mol. The van der Waals surface area contributed by atoms with Gasteiger partial charge in [-0.25, -0.2) is 0 Å². The van der Waals surface area contributed by atoms with E-state index in [1.54, 1.807) is 33.5 Å². The highest BCUT2D eigenvalue weighted by molar-refractivity contribution is 5.94. The molecule has 1 aliphatic rings. The van der Waals surface area contributed by atoms with Crippen molar-refractivity contribution in [1.82, 2.24) is 15.0 Å². The van der Waals surface area contributed by atoms with Gasteiger partial charge in [-0.1, -0.05) is 22.9 Å². The molecule has 0 N–H and O–H groups in total. The van der Waals surface area contributed by atoms with Crippen LogP contribution in [0.3, 0.4) is 0 Å². The van der Waals surface area contributed by atoms with Crippen LogP contribution in [-0.4, -0.2) is 55.4 Å². The lowest BCUT2D eigenvalue weighted by atomic mass is 9.97. The summed E-state index contributed by atoms with van der Waals surface area (Å²) in [6.07, 6.45) is 1.76. The SMILES string of the molecule is COc1cc(-c2noc(C3CCCN(C(=O)c4ccc(C)cc4)C3)n2)cc(OC)c1OC. The minimum absolute atomic E-state index is 0.0126. The summed E-state index contributed by atoms with van der Waals surface area (Å²) in [5.41, 5.74) is 2.51. The van der Waals surface area contributed by atoms with Crippen LogP contribution in [0.4, 0.5) is 0 Å². The molecule has 4 rings (SSSR count). The van der Waals surface area contributed by atoms with Gasteiger partial charge >= 0.3 is 0 Å². The number of benzene rings is 2. The molecule has 0 radical (unpaired) electrons. The summed E-state index contributed by atoms with van der Waals surface area (Å²) < 4.78 is 21.8. The number of piperidine rings is 1. The fourth-order valence-electron chi connectivity index (χ4n) is 3.97. The number of rotatable bonds is 6. The molecule has 0 spiro atoms. The number of amides is 1. The average molecular weight is 437 g/mol. The molecule has 1 aliphatic heterocycles. The number of hydrogen-bond donors (Lipinski definition) is 0. The van der Waals surface area contributed by atoms with E-state index in [4.69, 9.17) is 18.7 Å². The smallest absolute Gasteiger partial charge is 0.253 e. The van der Waals surface area contributed by atoms with Crippen molar-refractivity contribution >= 4 is 5.91 Å². The number of nitrogens with zero attached hydrogens (tertiary/aromatic N) is 3. The van der Waals surface area contributed by atoms with Gasteiger partial charge in [-0.2, -0.15) is 4.98 Å². The number of methoxy groups -OCH3 is 3. The fraction of sp³-hybridized carbons (Fsp3) is 0.375. The van der Waals surface area contributed by atoms with Crippen LogP contribution in [0, 0.1) is 6.92 Å². The first-order valence-corrected chi connectivity index (χ1v) is 10.5. The number of ether oxygens (including phenoxy) is 3. The topological polar surface area (TPSA) is 86.9 Å². The van der Waals surface area contributed by atoms with Gasteiger partial charge in [0.1, 0.15) is 0 Å². The van der Waals surface area contributed by atoms with E-state index in [2.05, 4.69) is 10.1 Å². The lowest BCUT2D eigenvalue weighted by Gasteiger charge is -2.31. The number of likely N-dealkylation sites (tertiary alicyclic amines) is 1. The summed E-state index contributed by atoms with van der Waals surface area (Å²) in [6, 6.07) is 11.2. The molecule has 32 heavy (non-hydrogen) atoms. The van der Waals surface area contributed by atoms with Crippen LogP contribution in [0.5, 0.6) is 17.2 Å². The third-order valence-corrected chi connectivity index (χ3v) is 5.72. The second-order valence-electron chi connectivity index (χ2n) is 7.83. The number of carbonyl (C=O) groups is 1. The van der Waals surface area contributed by atoms with Gasteiger partial charge in [-0.15, -0.1) is 0 Å². The Kier molecular flexibility index (Phi) is 6.30. The number of aromatic nitrogens is 2. The van der Waals surface area contributed by atoms with Gasteiger partial charge in [0.15, 0.2) is 11.5 Å². The van der Waals surface area contributed by atoms with Gasteiger partial charge in [0.25, 0.3) is 5.91 Å². The van der Waals surface area contributed by atoms with E-state index >= 15 is 0 Å². The molecule has 1 unspecified atom stereocenters. The van der Waals surface area contributed by atoms with Crippen molar-refractivity contribution in [1.29, 1.82) is 0 Å². The predicted octanol–water partition coefficient (Wildman–Crippen LogP) is 4.09. The summed E-state index contributed by atoms with van der Waals surface area (Å²) in [4.78, 5) is 19.4. The summed E-state index contributed by atoms with van der Waals surface area (Å²) in [5, 5.41) is 4.16. The van der Waals surface area contributed by atoms with Gasteiger partial charge in [0.05, 0.1) is 27.2 Å². The Morgan fingerprint density at radius 3 is 2.38 bits per heavy atom. The Hall–Kier alpha value is -3.55. The maximum Gasteiger partial charge on any atom is 0.253 e. The van der Waals surface area contributed by atoms with Crippen LogP contribution in [0.2, 0.25) is 0 Å². The number of hydrogen-bond acceptors (Lipinski definition) is 7. The zero-order chi connectivity index (χ0) is 22.7. The molecule has 1 fully saturated rings. The summed E-state index contributed by atoms with van der Waals surface area (Å²) in [7, 11) is 4.67. The molecule has 8 heteroatoms. The zero-order valence-electron chi connectivity index (χ0n) is 18.8. The van der Waals surface area contributed by atoms with Crippen LogP contribution < -0.4 is 14.2 Å². The minimum Gasteiger partial charge on any atom is -0.493 e. The maximum atomic E-state index is 12.9. The first-order chi connectivity index (χ1) is 15.5. The van der Waals surface area contributed by atoms with Crippen molar-refractivity contribution in [3.05, 3.63) is 53.4 Å². The molecule has 0 saturated carbocycles. The first-order valence-electron chi connectivity index (χ1n) is 10.5. The Balaban J connectivity index is 1.54. The van der Waals surface area contributed by atoms with E-state index in [0.29, 0.717) is 46.6 Å². The quantitative estimate of drug-likeness (QED) is 0.574. The normalized spacial score (nSPS) is 16.0. The van der Waals surface area contributed by atoms with E-state index in [9.17, 15) is 4.79 Å². The fourth-order valence-corrected chi connectivity index (χ4v) is 3.97. The van der Waals surface area contributed by atoms with Gasteiger partial charge in [-0.3, -0.25) is 4.79 Å². The van der Waals surface area contributed by atoms with Crippen molar-refractivity contribution in [2.45, 2.75) is 25.7 Å². The van der Waals surface area contributed by atoms with Gasteiger partial charge in [-0.05, 0) is 44.0 Å². The molecular formula is C24H27N3O5. The highest BCUT2D eigenvalue weighted by Gasteiger charge is 2.29. The van der Waals surface area contributed by atoms with Gasteiger partial charge in [0.2, 0.25) is 17.5 Å². The molecule has 1 atom stereocenters. The average Bonchev–Trinajstić information content (AvgIpc) is 3.33. The second kappa shape index (κ2) is 9.30. The number of aryl methyl sites for hydroxylation is 1. The maximum absolute atomic E-state index is 12.9. The molecule has 8 nitrogen and oxygen atoms in total. The van der Waals surface area contributed by atoms with Crippen LogP contribution >= 0.6 is 0 Å². The first kappa shape index (κ1) is 21.7. The van der Waals surface area contributed by atoms with E-state index in [-0.39, 0.29) is 11.8 Å². The van der Waals surface area contributed by atoms with Crippen LogP contribution in [0.1, 0.15) is 40.6 Å². The van der Waals surface area contributed by atoms with Crippen molar-refractivity contribution in [2.75, 3.05) is 34.4 Å². The molecule has 0 bridgehead atoms. The summed E-state index contributed by atoms with van der Waals surface area (Å²) >= 11 is 0. The minimum atomic E-state index is -0.0126. The largest absolute Gasteiger partial charge is 0.493 e. The van der Waals surface area contributed by atoms with Crippen molar-refractivity contribution < 1.29 is 23.5 Å². The van der Waals surface area contributed by atoms with Crippen molar-refractivity contribution in [3.8, 4) is 28.6 Å². The molecule has 1 amide bonds. The van der Waals surface area contributed by atoms with E-state index in [1.165, 1.54) is 0 Å². The highest BCUT2D eigenvalue weighted by atomic mass is 16.5. The highest BCUT2D eigenvalue weighted by Crippen LogP contribution is 2.41. The summed E-state index contributed by atoms with van der Waals surface area (Å²) in [5.74, 6) is 2.50. The number of carbonyl (C=O) groups excluding carboxylic acids is 1. The standard InChI is InChI=1S/C24H27N3O5/c1-15-7-9-16(10-8-15)24(28)27-11-5-6-17(14-27)23-25-22(26-32-23)18-12-19(29-2)21(31-4)20(13-18)30-3/h7-10,12-13,17H,5-6,11,14H2,1-4H3. The Morgan fingerprint density at radius 1 is 1.06 bits per heavy atom. The molecule has 168 valence electrons. The monoisotopic (exact) mass is 437 g/mol. The Morgan fingerprint density at radius 2 is 1.75 bits per heavy atom. The molecule has 0 aliphatic carbocycles. The Labute approximate surface area is 187 Å². The molecule has 2 aromatic carbocycles. The molecule has 1 aromatic heterocycles. The zero-order valence-corrected chi connectivity index (χ0v) is 18.8. The van der Waals surface area contributed by atoms with E-state index in [0.717, 1.165) is 24.9 Å². The third kappa shape index (κ3) is 4.26. The van der Waals surface area contributed by atoms with Crippen LogP contribution in [-0.2, 0) is 0 Å². The Bertz CT molecular complexity index is 1070. The second-order valence-corrected chi connectivity index (χ2v) is 7.83. The van der Waals surface area contributed by atoms with Crippen LogP contribution in [0.25, 0.3) is 11.4 Å². The molecule has 2 heterocycles. The lowest BCUT2D eigenvalue weighted by Crippen LogP contribution is -2.39. The summed E-state index contributed by atoms with van der Waals surface area (Å²) in [6.45, 7) is 3.27. The van der Waals surface area contributed by atoms with Gasteiger partial charge < -0.3 is 23.6 Å². The van der Waals surface area contributed by atoms with E-state index in [1.807, 2.05) is 36.1 Å². The molecule has 3 aromatic rings. The molecule has 1 saturated heterocycles. The van der Waals surface area contributed by atoms with Crippen LogP contribution in [0.15, 0.2) is 40.9 Å². The predicted molar refractivity (Wildman–Crippen MR) is 118 cm³/mol. The van der Waals surface area contributed by atoms with E-state index < -0.39 is 0 Å². The van der Waals surface area contributed by atoms with Gasteiger partial charge in [0, 0.05) is 24.2 Å². The third-order valence-electron chi connectivity index (χ3n) is 5.72. The van der Waals surface area contributed by atoms with Crippen molar-refractivity contribution in [2.24, 2.45) is 0 Å². The van der Waals surface area contributed by atoms with Crippen molar-refractivity contribution in [3.63, 3.8) is 0 Å².